The smallest absolute Gasteiger partial charge is 0.0490 e. The van der Waals surface area contributed by atoms with Gasteiger partial charge in [0.1, 0.15) is 0 Å². The van der Waals surface area contributed by atoms with E-state index in [-0.39, 0.29) is 0 Å². The van der Waals surface area contributed by atoms with Crippen LogP contribution in [0.15, 0.2) is 24.4 Å². The lowest BCUT2D eigenvalue weighted by atomic mass is 9.94. The molecule has 102 valence electrons. The third kappa shape index (κ3) is 3.07. The van der Waals surface area contributed by atoms with Gasteiger partial charge in [-0.3, -0.25) is 10.00 Å². The molecule has 1 N–H and O–H groups in total. The first kappa shape index (κ1) is 12.9. The van der Waals surface area contributed by atoms with Gasteiger partial charge in [0.25, 0.3) is 0 Å². The molecule has 1 fully saturated rings. The van der Waals surface area contributed by atoms with Crippen LogP contribution in [-0.2, 0) is 13.0 Å². The van der Waals surface area contributed by atoms with Crippen LogP contribution in [0, 0.1) is 0 Å². The Labute approximate surface area is 118 Å². The number of nitrogens with zero attached hydrogens (tertiary/aromatic N) is 2. The predicted molar refractivity (Wildman–Crippen MR) is 79.5 cm³/mol. The van der Waals surface area contributed by atoms with Crippen molar-refractivity contribution in [3.63, 3.8) is 0 Å². The lowest BCUT2D eigenvalue weighted by Gasteiger charge is -2.31. The Balaban J connectivity index is 1.52. The Morgan fingerprint density at radius 2 is 2.05 bits per heavy atom. The van der Waals surface area contributed by atoms with Crippen molar-refractivity contribution in [1.82, 2.24) is 15.1 Å². The van der Waals surface area contributed by atoms with E-state index in [0.29, 0.717) is 5.92 Å². The molecule has 1 aliphatic rings. The quantitative estimate of drug-likeness (QED) is 0.927. The first-order valence-corrected chi connectivity index (χ1v) is 7.96. The number of thiophene rings is 1. The van der Waals surface area contributed by atoms with Crippen molar-refractivity contribution in [2.45, 2.75) is 38.6 Å². The summed E-state index contributed by atoms with van der Waals surface area (Å²) in [5.74, 6) is 0.674. The number of hydrogen-bond acceptors (Lipinski definition) is 3. The summed E-state index contributed by atoms with van der Waals surface area (Å²) in [6.45, 7) is 5.75. The minimum atomic E-state index is 0.674. The highest BCUT2D eigenvalue weighted by molar-refractivity contribution is 7.11. The maximum Gasteiger partial charge on any atom is 0.0490 e. The summed E-state index contributed by atoms with van der Waals surface area (Å²) in [4.78, 5) is 5.59. The van der Waals surface area contributed by atoms with E-state index in [9.17, 15) is 0 Å². The molecular formula is C15H21N3S. The normalized spacial score (nSPS) is 17.9. The molecule has 3 nitrogen and oxygen atoms in total. The maximum atomic E-state index is 4.06. The highest BCUT2D eigenvalue weighted by atomic mass is 32.1. The highest BCUT2D eigenvalue weighted by Gasteiger charge is 2.21. The minimum absolute atomic E-state index is 0.674. The zero-order chi connectivity index (χ0) is 13.1. The molecule has 19 heavy (non-hydrogen) atoms. The molecule has 0 aliphatic carbocycles. The molecule has 3 heterocycles. The fourth-order valence-corrected chi connectivity index (χ4v) is 3.81. The topological polar surface area (TPSA) is 31.9 Å². The Bertz CT molecular complexity index is 495. The summed E-state index contributed by atoms with van der Waals surface area (Å²) in [6, 6.07) is 6.69. The number of piperidine rings is 1. The maximum absolute atomic E-state index is 4.06. The summed E-state index contributed by atoms with van der Waals surface area (Å²) < 4.78 is 0. The van der Waals surface area contributed by atoms with E-state index in [1.54, 1.807) is 0 Å². The average molecular weight is 275 g/mol. The molecule has 0 aromatic carbocycles. The summed E-state index contributed by atoms with van der Waals surface area (Å²) >= 11 is 1.97. The number of aryl methyl sites for hydroxylation is 1. The van der Waals surface area contributed by atoms with Gasteiger partial charge in [0.2, 0.25) is 0 Å². The van der Waals surface area contributed by atoms with Crippen molar-refractivity contribution in [2.24, 2.45) is 0 Å². The zero-order valence-electron chi connectivity index (χ0n) is 11.4. The molecule has 0 bridgehead atoms. The number of likely N-dealkylation sites (tertiary alicyclic amines) is 1. The number of aromatic amines is 1. The van der Waals surface area contributed by atoms with Crippen molar-refractivity contribution in [2.75, 3.05) is 13.1 Å². The number of hydrogen-bond donors (Lipinski definition) is 1. The number of rotatable bonds is 4. The molecule has 1 saturated heterocycles. The molecular weight excluding hydrogens is 254 g/mol. The van der Waals surface area contributed by atoms with Crippen LogP contribution in [0.4, 0.5) is 0 Å². The Kier molecular flexibility index (Phi) is 3.99. The minimum Gasteiger partial charge on any atom is -0.298 e. The standard InChI is InChI=1S/C15H21N3S/c1-2-13-3-4-14(19-13)11-18-9-6-12(7-10-18)15-5-8-16-17-15/h3-5,8,12H,2,6-7,9-11H2,1H3,(H,16,17). The van der Waals surface area contributed by atoms with Crippen LogP contribution in [0.25, 0.3) is 0 Å². The molecule has 0 radical (unpaired) electrons. The summed E-state index contributed by atoms with van der Waals surface area (Å²) in [7, 11) is 0. The van der Waals surface area contributed by atoms with Crippen molar-refractivity contribution in [1.29, 1.82) is 0 Å². The van der Waals surface area contributed by atoms with Gasteiger partial charge < -0.3 is 0 Å². The SMILES string of the molecule is CCc1ccc(CN2CCC(c3ccn[nH]3)CC2)s1. The highest BCUT2D eigenvalue weighted by Crippen LogP contribution is 2.28. The largest absolute Gasteiger partial charge is 0.298 e. The molecule has 2 aromatic heterocycles. The second-order valence-electron chi connectivity index (χ2n) is 5.28. The lowest BCUT2D eigenvalue weighted by Crippen LogP contribution is -2.32. The second-order valence-corrected chi connectivity index (χ2v) is 6.54. The van der Waals surface area contributed by atoms with E-state index in [0.717, 1.165) is 13.0 Å². The Morgan fingerprint density at radius 1 is 1.26 bits per heavy atom. The van der Waals surface area contributed by atoms with Gasteiger partial charge in [-0.2, -0.15) is 5.10 Å². The van der Waals surface area contributed by atoms with Crippen molar-refractivity contribution >= 4 is 11.3 Å². The Morgan fingerprint density at radius 3 is 2.68 bits per heavy atom. The van der Waals surface area contributed by atoms with E-state index in [2.05, 4.69) is 40.2 Å². The Hall–Kier alpha value is -1.13. The lowest BCUT2D eigenvalue weighted by molar-refractivity contribution is 0.205. The zero-order valence-corrected chi connectivity index (χ0v) is 12.2. The van der Waals surface area contributed by atoms with E-state index in [1.165, 1.54) is 41.4 Å². The number of aromatic nitrogens is 2. The number of H-pyrrole nitrogens is 1. The van der Waals surface area contributed by atoms with E-state index >= 15 is 0 Å². The van der Waals surface area contributed by atoms with Gasteiger partial charge in [-0.1, -0.05) is 6.92 Å². The molecule has 0 saturated carbocycles. The van der Waals surface area contributed by atoms with Crippen molar-refractivity contribution in [3.8, 4) is 0 Å². The van der Waals surface area contributed by atoms with E-state index < -0.39 is 0 Å². The van der Waals surface area contributed by atoms with Gasteiger partial charge in [-0.25, -0.2) is 0 Å². The molecule has 4 heteroatoms. The fraction of sp³-hybridized carbons (Fsp3) is 0.533. The monoisotopic (exact) mass is 275 g/mol. The van der Waals surface area contributed by atoms with E-state index in [1.807, 2.05) is 17.5 Å². The van der Waals surface area contributed by atoms with Crippen molar-refractivity contribution in [3.05, 3.63) is 39.8 Å². The number of nitrogens with one attached hydrogen (secondary N) is 1. The van der Waals surface area contributed by atoms with Gasteiger partial charge in [-0.05, 0) is 50.6 Å². The average Bonchev–Trinajstić information content (AvgIpc) is 3.10. The molecule has 0 unspecified atom stereocenters. The van der Waals surface area contributed by atoms with Gasteiger partial charge in [0, 0.05) is 34.1 Å². The second kappa shape index (κ2) is 5.88. The first-order valence-electron chi connectivity index (χ1n) is 7.14. The van der Waals surface area contributed by atoms with Crippen molar-refractivity contribution < 1.29 is 0 Å². The van der Waals surface area contributed by atoms with E-state index in [4.69, 9.17) is 0 Å². The van der Waals surface area contributed by atoms with Crippen LogP contribution in [0.5, 0.6) is 0 Å². The van der Waals surface area contributed by atoms with Gasteiger partial charge in [0.05, 0.1) is 0 Å². The van der Waals surface area contributed by atoms with Crippen LogP contribution in [0.1, 0.15) is 41.1 Å². The van der Waals surface area contributed by atoms with Crippen LogP contribution < -0.4 is 0 Å². The van der Waals surface area contributed by atoms with Crippen LogP contribution in [0.2, 0.25) is 0 Å². The molecule has 2 aromatic rings. The first-order chi connectivity index (χ1) is 9.35. The van der Waals surface area contributed by atoms with Crippen LogP contribution >= 0.6 is 11.3 Å². The summed E-state index contributed by atoms with van der Waals surface area (Å²) in [5, 5.41) is 7.18. The van der Waals surface area contributed by atoms with Crippen LogP contribution in [-0.4, -0.2) is 28.2 Å². The molecule has 0 amide bonds. The third-order valence-electron chi connectivity index (χ3n) is 3.99. The summed E-state index contributed by atoms with van der Waals surface area (Å²) in [5.41, 5.74) is 1.31. The van der Waals surface area contributed by atoms with Crippen LogP contribution in [0.3, 0.4) is 0 Å². The molecule has 3 rings (SSSR count). The molecule has 1 aliphatic heterocycles. The third-order valence-corrected chi connectivity index (χ3v) is 5.21. The van der Waals surface area contributed by atoms with Gasteiger partial charge >= 0.3 is 0 Å². The summed E-state index contributed by atoms with van der Waals surface area (Å²) in [6.07, 6.45) is 5.51. The molecule has 0 spiro atoms. The fourth-order valence-electron chi connectivity index (χ4n) is 2.81. The van der Waals surface area contributed by atoms with Gasteiger partial charge in [0.15, 0.2) is 0 Å². The predicted octanol–water partition coefficient (Wildman–Crippen LogP) is 3.41. The molecule has 0 atom stereocenters. The van der Waals surface area contributed by atoms with Gasteiger partial charge in [-0.15, -0.1) is 11.3 Å².